The van der Waals surface area contributed by atoms with Crippen LogP contribution in [-0.2, 0) is 4.79 Å². The zero-order chi connectivity index (χ0) is 17.2. The van der Waals surface area contributed by atoms with Gasteiger partial charge in [0.15, 0.2) is 0 Å². The molecule has 0 unspecified atom stereocenters. The van der Waals surface area contributed by atoms with E-state index in [0.717, 1.165) is 32.4 Å². The van der Waals surface area contributed by atoms with E-state index in [0.29, 0.717) is 30.0 Å². The van der Waals surface area contributed by atoms with Gasteiger partial charge < -0.3 is 4.90 Å². The maximum absolute atomic E-state index is 13.5. The highest BCUT2D eigenvalue weighted by Crippen LogP contribution is 2.56. The standard InChI is InChI=1S/C20H30N4O/c1-14(2)24-12-15(11-21-24)18-10-16-13-22(17-6-3-4-7-17)19(25)20(16)8-5-9-23(18)20/h11-12,14,16-18H,3-10,13H2,1-2H3/t16-,18-,20-/m0/s1. The SMILES string of the molecule is CC(C)n1cc([C@@H]2C[C@H]3CN(C4CCCC4)C(=O)[C@]34CCCN24)cn1. The monoisotopic (exact) mass is 342 g/mol. The zero-order valence-corrected chi connectivity index (χ0v) is 15.5. The molecule has 0 bridgehead atoms. The summed E-state index contributed by atoms with van der Waals surface area (Å²) in [5, 5.41) is 4.56. The van der Waals surface area contributed by atoms with Crippen LogP contribution in [0.5, 0.6) is 0 Å². The molecule has 1 aromatic heterocycles. The van der Waals surface area contributed by atoms with E-state index in [9.17, 15) is 4.79 Å². The van der Waals surface area contributed by atoms with Crippen molar-refractivity contribution in [1.29, 1.82) is 0 Å². The number of nitrogens with zero attached hydrogens (tertiary/aromatic N) is 4. The molecule has 0 N–H and O–H groups in total. The summed E-state index contributed by atoms with van der Waals surface area (Å²) in [6, 6.07) is 1.30. The number of aromatic nitrogens is 2. The Hall–Kier alpha value is -1.36. The Labute approximate surface area is 150 Å². The molecular weight excluding hydrogens is 312 g/mol. The number of hydrogen-bond acceptors (Lipinski definition) is 3. The van der Waals surface area contributed by atoms with Gasteiger partial charge in [0.2, 0.25) is 5.91 Å². The normalized spacial score (nSPS) is 36.0. The van der Waals surface area contributed by atoms with Crippen LogP contribution >= 0.6 is 0 Å². The molecule has 5 heteroatoms. The maximum Gasteiger partial charge on any atom is 0.243 e. The molecule has 1 amide bonds. The summed E-state index contributed by atoms with van der Waals surface area (Å²) < 4.78 is 2.05. The van der Waals surface area contributed by atoms with E-state index in [4.69, 9.17) is 0 Å². The summed E-state index contributed by atoms with van der Waals surface area (Å²) in [5.74, 6) is 0.969. The molecule has 136 valence electrons. The first kappa shape index (κ1) is 15.9. The Morgan fingerprint density at radius 2 is 2.04 bits per heavy atom. The van der Waals surface area contributed by atoms with E-state index in [-0.39, 0.29) is 5.54 Å². The van der Waals surface area contributed by atoms with Crippen molar-refractivity contribution < 1.29 is 4.79 Å². The third kappa shape index (κ3) is 2.11. The van der Waals surface area contributed by atoms with Crippen LogP contribution in [0.25, 0.3) is 0 Å². The lowest BCUT2D eigenvalue weighted by Gasteiger charge is -2.34. The van der Waals surface area contributed by atoms with Gasteiger partial charge in [-0.1, -0.05) is 12.8 Å². The highest BCUT2D eigenvalue weighted by atomic mass is 16.2. The molecule has 4 fully saturated rings. The van der Waals surface area contributed by atoms with Gasteiger partial charge in [0, 0.05) is 42.3 Å². The third-order valence-electron chi connectivity index (χ3n) is 7.38. The number of amides is 1. The van der Waals surface area contributed by atoms with Crippen LogP contribution in [0.2, 0.25) is 0 Å². The molecule has 3 atom stereocenters. The summed E-state index contributed by atoms with van der Waals surface area (Å²) in [7, 11) is 0. The van der Waals surface area contributed by atoms with Gasteiger partial charge in [-0.15, -0.1) is 0 Å². The zero-order valence-electron chi connectivity index (χ0n) is 15.5. The quantitative estimate of drug-likeness (QED) is 0.847. The first-order valence-electron chi connectivity index (χ1n) is 10.2. The Balaban J connectivity index is 1.44. The minimum atomic E-state index is -0.187. The second-order valence-corrected chi connectivity index (χ2v) is 8.91. The van der Waals surface area contributed by atoms with Crippen LogP contribution in [0.4, 0.5) is 0 Å². The Kier molecular flexibility index (Phi) is 3.53. The Morgan fingerprint density at radius 1 is 1.24 bits per heavy atom. The topological polar surface area (TPSA) is 41.4 Å². The predicted octanol–water partition coefficient (Wildman–Crippen LogP) is 3.14. The molecule has 3 aliphatic heterocycles. The summed E-state index contributed by atoms with van der Waals surface area (Å²) in [5.41, 5.74) is 1.12. The van der Waals surface area contributed by atoms with Crippen molar-refractivity contribution in [2.45, 2.75) is 82.5 Å². The number of rotatable bonds is 3. The van der Waals surface area contributed by atoms with Crippen molar-refractivity contribution in [1.82, 2.24) is 19.6 Å². The molecule has 1 aliphatic carbocycles. The van der Waals surface area contributed by atoms with Gasteiger partial charge in [-0.25, -0.2) is 0 Å². The molecule has 1 aromatic rings. The summed E-state index contributed by atoms with van der Waals surface area (Å²) in [6.07, 6.45) is 12.6. The minimum Gasteiger partial charge on any atom is -0.338 e. The molecule has 3 saturated heterocycles. The van der Waals surface area contributed by atoms with Crippen LogP contribution in [0.3, 0.4) is 0 Å². The minimum absolute atomic E-state index is 0.187. The van der Waals surface area contributed by atoms with Gasteiger partial charge in [-0.2, -0.15) is 5.10 Å². The fraction of sp³-hybridized carbons (Fsp3) is 0.800. The first-order valence-corrected chi connectivity index (χ1v) is 10.2. The van der Waals surface area contributed by atoms with Crippen molar-refractivity contribution in [2.24, 2.45) is 5.92 Å². The van der Waals surface area contributed by atoms with Crippen molar-refractivity contribution >= 4 is 5.91 Å². The van der Waals surface area contributed by atoms with E-state index in [1.807, 2.05) is 6.20 Å². The fourth-order valence-corrected chi connectivity index (χ4v) is 6.18. The van der Waals surface area contributed by atoms with Crippen LogP contribution in [0.1, 0.15) is 76.4 Å². The predicted molar refractivity (Wildman–Crippen MR) is 96.1 cm³/mol. The molecule has 4 aliphatic rings. The summed E-state index contributed by atoms with van der Waals surface area (Å²) in [6.45, 7) is 6.40. The molecule has 4 heterocycles. The number of carbonyl (C=O) groups excluding carboxylic acids is 1. The molecule has 0 radical (unpaired) electrons. The van der Waals surface area contributed by atoms with Gasteiger partial charge in [-0.3, -0.25) is 14.4 Å². The van der Waals surface area contributed by atoms with Crippen molar-refractivity contribution in [3.63, 3.8) is 0 Å². The van der Waals surface area contributed by atoms with Gasteiger partial charge in [-0.05, 0) is 52.5 Å². The highest BCUT2D eigenvalue weighted by molar-refractivity contribution is 5.90. The van der Waals surface area contributed by atoms with Crippen molar-refractivity contribution in [3.05, 3.63) is 18.0 Å². The fourth-order valence-electron chi connectivity index (χ4n) is 6.18. The summed E-state index contributed by atoms with van der Waals surface area (Å²) >= 11 is 0. The number of carbonyl (C=O) groups is 1. The van der Waals surface area contributed by atoms with Crippen LogP contribution in [-0.4, -0.2) is 50.2 Å². The largest absolute Gasteiger partial charge is 0.338 e. The molecule has 1 spiro atoms. The Bertz CT molecular complexity index is 677. The molecular formula is C20H30N4O. The molecule has 25 heavy (non-hydrogen) atoms. The lowest BCUT2D eigenvalue weighted by atomic mass is 9.85. The van der Waals surface area contributed by atoms with Crippen molar-refractivity contribution in [3.8, 4) is 0 Å². The van der Waals surface area contributed by atoms with E-state index < -0.39 is 0 Å². The van der Waals surface area contributed by atoms with E-state index in [2.05, 4.69) is 39.6 Å². The highest BCUT2D eigenvalue weighted by Gasteiger charge is 2.65. The third-order valence-corrected chi connectivity index (χ3v) is 7.38. The second-order valence-electron chi connectivity index (χ2n) is 8.91. The van der Waals surface area contributed by atoms with Gasteiger partial charge >= 0.3 is 0 Å². The van der Waals surface area contributed by atoms with Gasteiger partial charge in [0.25, 0.3) is 0 Å². The number of hydrogen-bond donors (Lipinski definition) is 0. The average Bonchev–Trinajstić information content (AvgIpc) is 3.36. The van der Waals surface area contributed by atoms with Crippen LogP contribution in [0, 0.1) is 5.92 Å². The van der Waals surface area contributed by atoms with Crippen LogP contribution < -0.4 is 0 Å². The van der Waals surface area contributed by atoms with Crippen LogP contribution in [0.15, 0.2) is 12.4 Å². The van der Waals surface area contributed by atoms with E-state index >= 15 is 0 Å². The van der Waals surface area contributed by atoms with Gasteiger partial charge in [0.1, 0.15) is 5.54 Å². The summed E-state index contributed by atoms with van der Waals surface area (Å²) in [4.78, 5) is 18.4. The first-order chi connectivity index (χ1) is 12.1. The second kappa shape index (κ2) is 5.57. The lowest BCUT2D eigenvalue weighted by molar-refractivity contribution is -0.138. The number of likely N-dealkylation sites (tertiary alicyclic amines) is 1. The Morgan fingerprint density at radius 3 is 2.76 bits per heavy atom. The molecule has 1 saturated carbocycles. The van der Waals surface area contributed by atoms with Gasteiger partial charge in [0.05, 0.1) is 6.20 Å². The maximum atomic E-state index is 13.5. The lowest BCUT2D eigenvalue weighted by Crippen LogP contribution is -2.51. The molecule has 0 aromatic carbocycles. The molecule has 5 rings (SSSR count). The van der Waals surface area contributed by atoms with E-state index in [1.165, 1.54) is 31.2 Å². The van der Waals surface area contributed by atoms with E-state index in [1.54, 1.807) is 0 Å². The smallest absolute Gasteiger partial charge is 0.243 e. The molecule has 5 nitrogen and oxygen atoms in total. The van der Waals surface area contributed by atoms with Crippen molar-refractivity contribution in [2.75, 3.05) is 13.1 Å². The average molecular weight is 342 g/mol.